The molecule has 0 aliphatic rings. The first-order valence-electron chi connectivity index (χ1n) is 9.78. The number of amides is 1. The van der Waals surface area contributed by atoms with E-state index in [9.17, 15) is 14.4 Å². The summed E-state index contributed by atoms with van der Waals surface area (Å²) in [7, 11) is 0. The maximum absolute atomic E-state index is 13.6. The van der Waals surface area contributed by atoms with Crippen LogP contribution in [0.25, 0.3) is 6.08 Å². The zero-order chi connectivity index (χ0) is 23.1. The van der Waals surface area contributed by atoms with Gasteiger partial charge in [0.25, 0.3) is 5.91 Å². The van der Waals surface area contributed by atoms with E-state index in [1.807, 2.05) is 19.1 Å². The minimum Gasteiger partial charge on any atom is -0.494 e. The van der Waals surface area contributed by atoms with Gasteiger partial charge in [0.15, 0.2) is 0 Å². The number of benzene rings is 3. The molecule has 0 radical (unpaired) electrons. The minimum atomic E-state index is -0.534. The predicted molar refractivity (Wildman–Crippen MR) is 128 cm³/mol. The molecule has 7 heteroatoms. The molecule has 0 saturated carbocycles. The van der Waals surface area contributed by atoms with Crippen molar-refractivity contribution >= 4 is 45.2 Å². The van der Waals surface area contributed by atoms with Gasteiger partial charge in [-0.1, -0.05) is 39.7 Å². The Balaban J connectivity index is 1.90. The zero-order valence-corrected chi connectivity index (χ0v) is 19.5. The standard InChI is InChI=1S/C25H19BrClFN2O2/c1-2-32-24-14-17(13-23(26)22(24)12-16-4-3-5-20(28)11-16)10-18(15-29)25(31)30-21-8-6-19(27)7-9-21/h3-11,13-14H,2,12H2,1H3,(H,30,31)/b18-10+. The van der Waals surface area contributed by atoms with Crippen LogP contribution >= 0.6 is 27.5 Å². The van der Waals surface area contributed by atoms with Gasteiger partial charge in [0.1, 0.15) is 23.2 Å². The van der Waals surface area contributed by atoms with Crippen LogP contribution in [0.2, 0.25) is 5.02 Å². The van der Waals surface area contributed by atoms with Gasteiger partial charge in [0, 0.05) is 27.2 Å². The average molecular weight is 514 g/mol. The van der Waals surface area contributed by atoms with Crippen LogP contribution < -0.4 is 10.1 Å². The number of carbonyl (C=O) groups excluding carboxylic acids is 1. The maximum atomic E-state index is 13.6. The fourth-order valence-corrected chi connectivity index (χ4v) is 3.79. The van der Waals surface area contributed by atoms with Crippen molar-refractivity contribution in [1.82, 2.24) is 0 Å². The molecule has 0 bridgehead atoms. The first kappa shape index (κ1) is 23.5. The van der Waals surface area contributed by atoms with E-state index < -0.39 is 5.91 Å². The van der Waals surface area contributed by atoms with Crippen molar-refractivity contribution < 1.29 is 13.9 Å². The lowest BCUT2D eigenvalue weighted by molar-refractivity contribution is -0.112. The Kier molecular flexibility index (Phi) is 8.04. The molecule has 1 amide bonds. The molecule has 0 aliphatic carbocycles. The van der Waals surface area contributed by atoms with Crippen molar-refractivity contribution in [3.63, 3.8) is 0 Å². The highest BCUT2D eigenvalue weighted by Gasteiger charge is 2.14. The fourth-order valence-electron chi connectivity index (χ4n) is 3.07. The average Bonchev–Trinajstić information content (AvgIpc) is 2.76. The summed E-state index contributed by atoms with van der Waals surface area (Å²) in [6, 6.07) is 18.5. The van der Waals surface area contributed by atoms with Crippen LogP contribution in [0.15, 0.2) is 70.7 Å². The molecule has 3 rings (SSSR count). The fraction of sp³-hybridized carbons (Fsp3) is 0.120. The van der Waals surface area contributed by atoms with Gasteiger partial charge in [-0.05, 0) is 72.7 Å². The van der Waals surface area contributed by atoms with E-state index in [-0.39, 0.29) is 11.4 Å². The van der Waals surface area contributed by atoms with E-state index in [0.29, 0.717) is 35.1 Å². The largest absolute Gasteiger partial charge is 0.494 e. The van der Waals surface area contributed by atoms with E-state index in [0.717, 1.165) is 15.6 Å². The molecule has 0 aromatic heterocycles. The molecule has 162 valence electrons. The monoisotopic (exact) mass is 512 g/mol. The molecule has 0 aliphatic heterocycles. The Bertz CT molecular complexity index is 1200. The molecule has 1 N–H and O–H groups in total. The number of nitriles is 1. The van der Waals surface area contributed by atoms with E-state index in [1.54, 1.807) is 42.5 Å². The molecule has 0 saturated heterocycles. The molecular formula is C25H19BrClFN2O2. The van der Waals surface area contributed by atoms with Crippen LogP contribution in [0, 0.1) is 17.1 Å². The number of nitrogens with one attached hydrogen (secondary N) is 1. The van der Waals surface area contributed by atoms with Crippen molar-refractivity contribution in [3.05, 3.63) is 98.2 Å². The van der Waals surface area contributed by atoms with Gasteiger partial charge in [-0.2, -0.15) is 5.26 Å². The lowest BCUT2D eigenvalue weighted by Gasteiger charge is -2.14. The van der Waals surface area contributed by atoms with Gasteiger partial charge < -0.3 is 10.1 Å². The second-order valence-electron chi connectivity index (χ2n) is 6.85. The quantitative estimate of drug-likeness (QED) is 0.280. The van der Waals surface area contributed by atoms with Crippen molar-refractivity contribution in [2.45, 2.75) is 13.3 Å². The molecule has 0 unspecified atom stereocenters. The number of nitrogens with zero attached hydrogens (tertiary/aromatic N) is 1. The van der Waals surface area contributed by atoms with Crippen LogP contribution in [0.4, 0.5) is 10.1 Å². The lowest BCUT2D eigenvalue weighted by atomic mass is 10.0. The number of hydrogen-bond donors (Lipinski definition) is 1. The number of halogens is 3. The molecule has 0 spiro atoms. The molecule has 32 heavy (non-hydrogen) atoms. The first-order valence-corrected chi connectivity index (χ1v) is 10.9. The number of rotatable bonds is 7. The molecule has 4 nitrogen and oxygen atoms in total. The van der Waals surface area contributed by atoms with Crippen molar-refractivity contribution in [2.24, 2.45) is 0 Å². The van der Waals surface area contributed by atoms with E-state index in [1.165, 1.54) is 18.2 Å². The summed E-state index contributed by atoms with van der Waals surface area (Å²) in [5.41, 5.74) is 2.73. The van der Waals surface area contributed by atoms with Gasteiger partial charge in [-0.3, -0.25) is 4.79 Å². The number of carbonyl (C=O) groups is 1. The highest BCUT2D eigenvalue weighted by molar-refractivity contribution is 9.10. The number of hydrogen-bond acceptors (Lipinski definition) is 3. The van der Waals surface area contributed by atoms with E-state index in [4.69, 9.17) is 16.3 Å². The van der Waals surface area contributed by atoms with Gasteiger partial charge in [-0.15, -0.1) is 0 Å². The minimum absolute atomic E-state index is 0.0628. The molecule has 0 atom stereocenters. The summed E-state index contributed by atoms with van der Waals surface area (Å²) in [4.78, 5) is 12.6. The Morgan fingerprint density at radius 1 is 1.22 bits per heavy atom. The third-order valence-electron chi connectivity index (χ3n) is 4.52. The van der Waals surface area contributed by atoms with Crippen LogP contribution in [0.1, 0.15) is 23.6 Å². The first-order chi connectivity index (χ1) is 15.4. The Morgan fingerprint density at radius 3 is 2.62 bits per heavy atom. The summed E-state index contributed by atoms with van der Waals surface area (Å²) in [5.74, 6) is -0.248. The summed E-state index contributed by atoms with van der Waals surface area (Å²) in [5, 5.41) is 12.7. The zero-order valence-electron chi connectivity index (χ0n) is 17.2. The van der Waals surface area contributed by atoms with Gasteiger partial charge >= 0.3 is 0 Å². The molecular weight excluding hydrogens is 495 g/mol. The molecule has 3 aromatic rings. The molecule has 0 heterocycles. The van der Waals surface area contributed by atoms with Crippen molar-refractivity contribution in [1.29, 1.82) is 5.26 Å². The topological polar surface area (TPSA) is 62.1 Å². The smallest absolute Gasteiger partial charge is 0.266 e. The maximum Gasteiger partial charge on any atom is 0.266 e. The third kappa shape index (κ3) is 6.19. The van der Waals surface area contributed by atoms with Gasteiger partial charge in [-0.25, -0.2) is 4.39 Å². The Labute approximate surface area is 199 Å². The summed E-state index contributed by atoms with van der Waals surface area (Å²) in [6.45, 7) is 2.29. The van der Waals surface area contributed by atoms with Crippen LogP contribution in [0.3, 0.4) is 0 Å². The second-order valence-corrected chi connectivity index (χ2v) is 8.14. The van der Waals surface area contributed by atoms with Gasteiger partial charge in [0.2, 0.25) is 0 Å². The van der Waals surface area contributed by atoms with Crippen LogP contribution in [0.5, 0.6) is 5.75 Å². The van der Waals surface area contributed by atoms with Crippen molar-refractivity contribution in [3.8, 4) is 11.8 Å². The normalized spacial score (nSPS) is 11.0. The van der Waals surface area contributed by atoms with Gasteiger partial charge in [0.05, 0.1) is 6.61 Å². The lowest BCUT2D eigenvalue weighted by Crippen LogP contribution is -2.13. The second kappa shape index (κ2) is 10.9. The van der Waals surface area contributed by atoms with Crippen LogP contribution in [-0.4, -0.2) is 12.5 Å². The summed E-state index contributed by atoms with van der Waals surface area (Å²) < 4.78 is 20.1. The highest BCUT2D eigenvalue weighted by Crippen LogP contribution is 2.32. The summed E-state index contributed by atoms with van der Waals surface area (Å²) >= 11 is 9.42. The third-order valence-corrected chi connectivity index (χ3v) is 5.48. The molecule has 0 fully saturated rings. The van der Waals surface area contributed by atoms with E-state index in [2.05, 4.69) is 21.2 Å². The van der Waals surface area contributed by atoms with Crippen molar-refractivity contribution in [2.75, 3.05) is 11.9 Å². The number of ether oxygens (including phenoxy) is 1. The Hall–Kier alpha value is -3.14. The number of anilines is 1. The highest BCUT2D eigenvalue weighted by atomic mass is 79.9. The van der Waals surface area contributed by atoms with Crippen LogP contribution in [-0.2, 0) is 11.2 Å². The predicted octanol–water partition coefficient (Wildman–Crippen LogP) is 6.78. The Morgan fingerprint density at radius 2 is 1.97 bits per heavy atom. The SMILES string of the molecule is CCOc1cc(/C=C(\C#N)C(=O)Nc2ccc(Cl)cc2)cc(Br)c1Cc1cccc(F)c1. The molecule has 3 aromatic carbocycles. The van der Waals surface area contributed by atoms with E-state index >= 15 is 0 Å². The summed E-state index contributed by atoms with van der Waals surface area (Å²) in [6.07, 6.45) is 1.95.